The van der Waals surface area contributed by atoms with Gasteiger partial charge in [0.05, 0.1) is 0 Å². The first-order valence-electron chi connectivity index (χ1n) is 7.42. The second-order valence-corrected chi connectivity index (χ2v) is 6.46. The molecular weight excluding hydrogens is 309 g/mol. The number of hydrogen-bond donors (Lipinski definition) is 0. The average molecular weight is 327 g/mol. The summed E-state index contributed by atoms with van der Waals surface area (Å²) in [5.74, 6) is 1.16. The van der Waals surface area contributed by atoms with Gasteiger partial charge in [-0.15, -0.1) is 10.2 Å². The molecule has 0 aliphatic heterocycles. The molecule has 0 fully saturated rings. The first-order valence-corrected chi connectivity index (χ1v) is 8.40. The molecule has 0 aliphatic rings. The zero-order chi connectivity index (χ0) is 16.4. The van der Waals surface area contributed by atoms with Crippen molar-refractivity contribution in [2.24, 2.45) is 0 Å². The summed E-state index contributed by atoms with van der Waals surface area (Å²) in [6.45, 7) is 6.10. The van der Waals surface area contributed by atoms with Crippen LogP contribution in [0.3, 0.4) is 0 Å². The molecule has 3 rings (SSSR count). The highest BCUT2D eigenvalue weighted by atomic mass is 32.2. The van der Waals surface area contributed by atoms with Gasteiger partial charge in [-0.3, -0.25) is 4.57 Å². The van der Waals surface area contributed by atoms with E-state index in [1.807, 2.05) is 17.6 Å². The van der Waals surface area contributed by atoms with Crippen molar-refractivity contribution in [1.29, 1.82) is 0 Å². The molecule has 0 amide bonds. The predicted molar refractivity (Wildman–Crippen MR) is 91.5 cm³/mol. The van der Waals surface area contributed by atoms with Gasteiger partial charge in [0.1, 0.15) is 11.6 Å². The smallest absolute Gasteiger partial charge is 0.196 e. The SMILES string of the molecule is Cc1ccc(-n2c(C)nnc2SCc2ccccc2F)cc1C. The van der Waals surface area contributed by atoms with Crippen LogP contribution >= 0.6 is 11.8 Å². The maximum Gasteiger partial charge on any atom is 0.196 e. The highest BCUT2D eigenvalue weighted by Gasteiger charge is 2.13. The number of benzene rings is 2. The Balaban J connectivity index is 1.90. The van der Waals surface area contributed by atoms with Crippen molar-refractivity contribution in [2.75, 3.05) is 0 Å². The molecule has 1 aromatic heterocycles. The van der Waals surface area contributed by atoms with Crippen LogP contribution in [0.5, 0.6) is 0 Å². The summed E-state index contributed by atoms with van der Waals surface area (Å²) in [6, 6.07) is 13.1. The van der Waals surface area contributed by atoms with Crippen LogP contribution in [0.25, 0.3) is 5.69 Å². The fourth-order valence-corrected chi connectivity index (χ4v) is 3.34. The van der Waals surface area contributed by atoms with Crippen molar-refractivity contribution in [3.63, 3.8) is 0 Å². The van der Waals surface area contributed by atoms with Crippen LogP contribution in [0.15, 0.2) is 47.6 Å². The van der Waals surface area contributed by atoms with E-state index in [2.05, 4.69) is 42.2 Å². The molecule has 3 aromatic rings. The van der Waals surface area contributed by atoms with E-state index < -0.39 is 0 Å². The van der Waals surface area contributed by atoms with E-state index in [1.165, 1.54) is 29.0 Å². The molecular formula is C18H18FN3S. The second kappa shape index (κ2) is 6.54. The number of halogens is 1. The number of aromatic nitrogens is 3. The van der Waals surface area contributed by atoms with Gasteiger partial charge in [-0.2, -0.15) is 0 Å². The summed E-state index contributed by atoms with van der Waals surface area (Å²) in [5, 5.41) is 9.19. The van der Waals surface area contributed by atoms with Crippen molar-refractivity contribution in [1.82, 2.24) is 14.8 Å². The molecule has 3 nitrogen and oxygen atoms in total. The topological polar surface area (TPSA) is 30.7 Å². The Bertz CT molecular complexity index is 842. The lowest BCUT2D eigenvalue weighted by Gasteiger charge is -2.10. The van der Waals surface area contributed by atoms with Crippen molar-refractivity contribution in [3.05, 3.63) is 70.8 Å². The third kappa shape index (κ3) is 3.29. The Hall–Kier alpha value is -2.14. The molecule has 0 N–H and O–H groups in total. The summed E-state index contributed by atoms with van der Waals surface area (Å²) in [4.78, 5) is 0. The summed E-state index contributed by atoms with van der Waals surface area (Å²) < 4.78 is 15.8. The van der Waals surface area contributed by atoms with Crippen LogP contribution < -0.4 is 0 Å². The minimum absolute atomic E-state index is 0.186. The fourth-order valence-electron chi connectivity index (χ4n) is 2.36. The van der Waals surface area contributed by atoms with E-state index in [1.54, 1.807) is 12.1 Å². The first kappa shape index (κ1) is 15.7. The molecule has 0 unspecified atom stereocenters. The molecule has 0 saturated heterocycles. The Morgan fingerprint density at radius 1 is 1.00 bits per heavy atom. The maximum atomic E-state index is 13.8. The van der Waals surface area contributed by atoms with Gasteiger partial charge in [-0.05, 0) is 55.7 Å². The first-order chi connectivity index (χ1) is 11.1. The van der Waals surface area contributed by atoms with Crippen LogP contribution in [-0.2, 0) is 5.75 Å². The number of rotatable bonds is 4. The number of aryl methyl sites for hydroxylation is 3. The number of nitrogens with zero attached hydrogens (tertiary/aromatic N) is 3. The molecule has 2 aromatic carbocycles. The zero-order valence-electron chi connectivity index (χ0n) is 13.4. The van der Waals surface area contributed by atoms with E-state index in [-0.39, 0.29) is 5.82 Å². The van der Waals surface area contributed by atoms with E-state index in [4.69, 9.17) is 0 Å². The lowest BCUT2D eigenvalue weighted by atomic mass is 10.1. The Labute approximate surface area is 139 Å². The molecule has 0 aliphatic carbocycles. The van der Waals surface area contributed by atoms with Crippen molar-refractivity contribution in [3.8, 4) is 5.69 Å². The molecule has 1 heterocycles. The monoisotopic (exact) mass is 327 g/mol. The predicted octanol–water partition coefficient (Wildman–Crippen LogP) is 4.62. The minimum Gasteiger partial charge on any atom is -0.274 e. The fraction of sp³-hybridized carbons (Fsp3) is 0.222. The van der Waals surface area contributed by atoms with Gasteiger partial charge in [0.15, 0.2) is 5.16 Å². The highest BCUT2D eigenvalue weighted by Crippen LogP contribution is 2.26. The molecule has 23 heavy (non-hydrogen) atoms. The average Bonchev–Trinajstić information content (AvgIpc) is 2.90. The van der Waals surface area contributed by atoms with Gasteiger partial charge < -0.3 is 0 Å². The van der Waals surface area contributed by atoms with Crippen molar-refractivity contribution in [2.45, 2.75) is 31.7 Å². The zero-order valence-corrected chi connectivity index (χ0v) is 14.2. The Morgan fingerprint density at radius 2 is 1.78 bits per heavy atom. The number of thioether (sulfide) groups is 1. The summed E-state index contributed by atoms with van der Waals surface area (Å²) in [5.41, 5.74) is 4.18. The molecule has 0 bridgehead atoms. The lowest BCUT2D eigenvalue weighted by molar-refractivity contribution is 0.617. The molecule has 0 radical (unpaired) electrons. The quantitative estimate of drug-likeness (QED) is 0.655. The molecule has 0 atom stereocenters. The van der Waals surface area contributed by atoms with Crippen LogP contribution in [0.1, 0.15) is 22.5 Å². The van der Waals surface area contributed by atoms with Crippen molar-refractivity contribution >= 4 is 11.8 Å². The Kier molecular flexibility index (Phi) is 4.48. The summed E-state index contributed by atoms with van der Waals surface area (Å²) in [6.07, 6.45) is 0. The van der Waals surface area contributed by atoms with Crippen LogP contribution in [0.4, 0.5) is 4.39 Å². The van der Waals surface area contributed by atoms with Crippen molar-refractivity contribution < 1.29 is 4.39 Å². The van der Waals surface area contributed by atoms with Gasteiger partial charge in [0.2, 0.25) is 0 Å². The standard InChI is InChI=1S/C18H18FN3S/c1-12-8-9-16(10-13(12)2)22-14(3)20-21-18(22)23-11-15-6-4-5-7-17(15)19/h4-10H,11H2,1-3H3. The van der Waals surface area contributed by atoms with Crippen LogP contribution in [0, 0.1) is 26.6 Å². The third-order valence-corrected chi connectivity index (χ3v) is 4.84. The molecule has 118 valence electrons. The van der Waals surface area contributed by atoms with Gasteiger partial charge in [0.25, 0.3) is 0 Å². The molecule has 5 heteroatoms. The van der Waals surface area contributed by atoms with E-state index in [0.29, 0.717) is 11.3 Å². The summed E-state index contributed by atoms with van der Waals surface area (Å²) in [7, 11) is 0. The molecule has 0 spiro atoms. The normalized spacial score (nSPS) is 11.0. The van der Waals surface area contributed by atoms with Gasteiger partial charge >= 0.3 is 0 Å². The maximum absolute atomic E-state index is 13.8. The van der Waals surface area contributed by atoms with E-state index in [9.17, 15) is 4.39 Å². The van der Waals surface area contributed by atoms with Crippen LogP contribution in [-0.4, -0.2) is 14.8 Å². The summed E-state index contributed by atoms with van der Waals surface area (Å²) >= 11 is 1.49. The lowest BCUT2D eigenvalue weighted by Crippen LogP contribution is -2.00. The van der Waals surface area contributed by atoms with Gasteiger partial charge in [0, 0.05) is 11.4 Å². The highest BCUT2D eigenvalue weighted by molar-refractivity contribution is 7.98. The van der Waals surface area contributed by atoms with E-state index >= 15 is 0 Å². The molecule has 0 saturated carbocycles. The second-order valence-electron chi connectivity index (χ2n) is 5.51. The van der Waals surface area contributed by atoms with Crippen LogP contribution in [0.2, 0.25) is 0 Å². The van der Waals surface area contributed by atoms with E-state index in [0.717, 1.165) is 16.7 Å². The van der Waals surface area contributed by atoms with Gasteiger partial charge in [-0.1, -0.05) is 36.0 Å². The number of hydrogen-bond acceptors (Lipinski definition) is 3. The largest absolute Gasteiger partial charge is 0.274 e. The Morgan fingerprint density at radius 3 is 2.52 bits per heavy atom. The third-order valence-electron chi connectivity index (χ3n) is 3.86. The van der Waals surface area contributed by atoms with Gasteiger partial charge in [-0.25, -0.2) is 4.39 Å². The minimum atomic E-state index is -0.186.